The fourth-order valence-electron chi connectivity index (χ4n) is 2.48. The molecule has 0 spiro atoms. The summed E-state index contributed by atoms with van der Waals surface area (Å²) in [6.45, 7) is 7.06. The Hall–Kier alpha value is -0.970. The van der Waals surface area contributed by atoms with E-state index in [0.29, 0.717) is 19.0 Å². The van der Waals surface area contributed by atoms with Gasteiger partial charge in [0.2, 0.25) is 0 Å². The van der Waals surface area contributed by atoms with Crippen molar-refractivity contribution in [2.75, 3.05) is 6.54 Å². The van der Waals surface area contributed by atoms with Crippen LogP contribution in [-0.4, -0.2) is 29.8 Å². The lowest BCUT2D eigenvalue weighted by atomic mass is 10.0. The maximum atomic E-state index is 13.1. The Labute approximate surface area is 134 Å². The van der Waals surface area contributed by atoms with Crippen LogP contribution in [0.4, 0.5) is 4.39 Å². The minimum absolute atomic E-state index is 0.268. The van der Waals surface area contributed by atoms with Gasteiger partial charge >= 0.3 is 0 Å². The summed E-state index contributed by atoms with van der Waals surface area (Å²) in [5, 5.41) is 13.5. The van der Waals surface area contributed by atoms with Crippen LogP contribution in [0.1, 0.15) is 45.6 Å². The van der Waals surface area contributed by atoms with Crippen LogP contribution in [0, 0.1) is 11.7 Å². The van der Waals surface area contributed by atoms with E-state index in [-0.39, 0.29) is 5.82 Å². The molecule has 1 rings (SSSR count). The molecular formula is C18H31FN2O. The highest BCUT2D eigenvalue weighted by Gasteiger charge is 2.16. The van der Waals surface area contributed by atoms with Gasteiger partial charge in [0.1, 0.15) is 5.82 Å². The molecule has 0 radical (unpaired) electrons. The van der Waals surface area contributed by atoms with E-state index < -0.39 is 12.1 Å². The molecule has 126 valence electrons. The maximum Gasteiger partial charge on any atom is 0.123 e. The Balaban J connectivity index is 2.27. The SMILES string of the molecule is CC(C)CCCC(C)NC[C@@H](O)[C@@H](N)Cc1cccc(F)c1. The number of benzene rings is 1. The van der Waals surface area contributed by atoms with Gasteiger partial charge in [0, 0.05) is 18.6 Å². The fraction of sp³-hybridized carbons (Fsp3) is 0.667. The molecule has 0 heterocycles. The Morgan fingerprint density at radius 2 is 1.95 bits per heavy atom. The van der Waals surface area contributed by atoms with Crippen LogP contribution < -0.4 is 11.1 Å². The summed E-state index contributed by atoms with van der Waals surface area (Å²) in [4.78, 5) is 0. The topological polar surface area (TPSA) is 58.3 Å². The van der Waals surface area contributed by atoms with E-state index in [1.165, 1.54) is 25.0 Å². The Bertz CT molecular complexity index is 425. The van der Waals surface area contributed by atoms with E-state index in [4.69, 9.17) is 5.73 Å². The third kappa shape index (κ3) is 7.87. The summed E-state index contributed by atoms with van der Waals surface area (Å²) in [6.07, 6.45) is 3.37. The fourth-order valence-corrected chi connectivity index (χ4v) is 2.48. The lowest BCUT2D eigenvalue weighted by Crippen LogP contribution is -2.45. The molecule has 3 atom stereocenters. The number of nitrogens with two attached hydrogens (primary N) is 1. The average molecular weight is 310 g/mol. The van der Waals surface area contributed by atoms with Gasteiger partial charge in [-0.15, -0.1) is 0 Å². The van der Waals surface area contributed by atoms with Crippen molar-refractivity contribution in [3.63, 3.8) is 0 Å². The molecule has 0 amide bonds. The monoisotopic (exact) mass is 310 g/mol. The number of halogens is 1. The highest BCUT2D eigenvalue weighted by molar-refractivity contribution is 5.17. The molecule has 0 fully saturated rings. The molecule has 0 aliphatic rings. The molecular weight excluding hydrogens is 279 g/mol. The minimum atomic E-state index is -0.629. The van der Waals surface area contributed by atoms with Crippen LogP contribution in [0.15, 0.2) is 24.3 Å². The zero-order valence-electron chi connectivity index (χ0n) is 14.1. The van der Waals surface area contributed by atoms with Crippen LogP contribution in [0.5, 0.6) is 0 Å². The molecule has 0 bridgehead atoms. The molecule has 4 heteroatoms. The van der Waals surface area contributed by atoms with Crippen LogP contribution in [-0.2, 0) is 6.42 Å². The van der Waals surface area contributed by atoms with E-state index in [9.17, 15) is 9.50 Å². The number of nitrogens with one attached hydrogen (secondary N) is 1. The lowest BCUT2D eigenvalue weighted by Gasteiger charge is -2.22. The summed E-state index contributed by atoms with van der Waals surface area (Å²) >= 11 is 0. The van der Waals surface area contributed by atoms with Gasteiger partial charge in [-0.05, 0) is 43.4 Å². The molecule has 1 unspecified atom stereocenters. The Kier molecular flexibility index (Phi) is 8.61. The van der Waals surface area contributed by atoms with Gasteiger partial charge in [-0.2, -0.15) is 0 Å². The van der Waals surface area contributed by atoms with Crippen molar-refractivity contribution in [1.82, 2.24) is 5.32 Å². The van der Waals surface area contributed by atoms with Crippen LogP contribution >= 0.6 is 0 Å². The molecule has 4 N–H and O–H groups in total. The van der Waals surface area contributed by atoms with Crippen LogP contribution in [0.2, 0.25) is 0 Å². The van der Waals surface area contributed by atoms with Gasteiger partial charge in [0.15, 0.2) is 0 Å². The second-order valence-corrected chi connectivity index (χ2v) is 6.70. The van der Waals surface area contributed by atoms with Crippen molar-refractivity contribution in [1.29, 1.82) is 0 Å². The Morgan fingerprint density at radius 1 is 1.23 bits per heavy atom. The van der Waals surface area contributed by atoms with Crippen molar-refractivity contribution in [2.24, 2.45) is 11.7 Å². The zero-order chi connectivity index (χ0) is 16.5. The van der Waals surface area contributed by atoms with E-state index >= 15 is 0 Å². The number of hydrogen-bond donors (Lipinski definition) is 3. The lowest BCUT2D eigenvalue weighted by molar-refractivity contribution is 0.138. The normalized spacial score (nSPS) is 15.8. The predicted molar refractivity (Wildman–Crippen MR) is 90.2 cm³/mol. The molecule has 1 aromatic rings. The quantitative estimate of drug-likeness (QED) is 0.623. The van der Waals surface area contributed by atoms with E-state index in [0.717, 1.165) is 17.9 Å². The summed E-state index contributed by atoms with van der Waals surface area (Å²) in [7, 11) is 0. The van der Waals surface area contributed by atoms with Gasteiger partial charge in [-0.1, -0.05) is 38.8 Å². The average Bonchev–Trinajstić information content (AvgIpc) is 2.44. The first kappa shape index (κ1) is 19.1. The highest BCUT2D eigenvalue weighted by atomic mass is 19.1. The number of aliphatic hydroxyl groups excluding tert-OH is 1. The molecule has 0 saturated carbocycles. The molecule has 0 saturated heterocycles. The molecule has 0 aliphatic heterocycles. The molecule has 1 aromatic carbocycles. The smallest absolute Gasteiger partial charge is 0.123 e. The number of rotatable bonds is 10. The van der Waals surface area contributed by atoms with Crippen molar-refractivity contribution >= 4 is 0 Å². The number of aliphatic hydroxyl groups is 1. The van der Waals surface area contributed by atoms with Crippen molar-refractivity contribution in [2.45, 2.75) is 64.6 Å². The van der Waals surface area contributed by atoms with Crippen LogP contribution in [0.25, 0.3) is 0 Å². The third-order valence-electron chi connectivity index (χ3n) is 3.95. The van der Waals surface area contributed by atoms with Gasteiger partial charge in [-0.25, -0.2) is 4.39 Å². The Morgan fingerprint density at radius 3 is 2.59 bits per heavy atom. The summed E-state index contributed by atoms with van der Waals surface area (Å²) < 4.78 is 13.1. The van der Waals surface area contributed by atoms with Gasteiger partial charge in [0.05, 0.1) is 6.10 Å². The van der Waals surface area contributed by atoms with Crippen molar-refractivity contribution in [3.8, 4) is 0 Å². The first-order valence-electron chi connectivity index (χ1n) is 8.30. The molecule has 3 nitrogen and oxygen atoms in total. The van der Waals surface area contributed by atoms with E-state index in [1.807, 2.05) is 6.07 Å². The molecule has 0 aliphatic carbocycles. The minimum Gasteiger partial charge on any atom is -0.390 e. The second kappa shape index (κ2) is 9.93. The third-order valence-corrected chi connectivity index (χ3v) is 3.95. The first-order valence-corrected chi connectivity index (χ1v) is 8.30. The van der Waals surface area contributed by atoms with Gasteiger partial charge in [0.25, 0.3) is 0 Å². The largest absolute Gasteiger partial charge is 0.390 e. The van der Waals surface area contributed by atoms with Crippen LogP contribution in [0.3, 0.4) is 0 Å². The second-order valence-electron chi connectivity index (χ2n) is 6.70. The van der Waals surface area contributed by atoms with Gasteiger partial charge < -0.3 is 16.2 Å². The van der Waals surface area contributed by atoms with Gasteiger partial charge in [-0.3, -0.25) is 0 Å². The van der Waals surface area contributed by atoms with Crippen molar-refractivity contribution < 1.29 is 9.50 Å². The molecule has 22 heavy (non-hydrogen) atoms. The highest BCUT2D eigenvalue weighted by Crippen LogP contribution is 2.09. The standard InChI is InChI=1S/C18H31FN2O/c1-13(2)6-4-7-14(3)21-12-18(22)17(20)11-15-8-5-9-16(19)10-15/h5,8-10,13-14,17-18,21-22H,4,6-7,11-12,20H2,1-3H3/t14?,17-,18+/m0/s1. The molecule has 0 aromatic heterocycles. The zero-order valence-corrected chi connectivity index (χ0v) is 14.1. The summed E-state index contributed by atoms with van der Waals surface area (Å²) in [5.74, 6) is 0.466. The number of hydrogen-bond acceptors (Lipinski definition) is 3. The summed E-state index contributed by atoms with van der Waals surface area (Å²) in [6, 6.07) is 6.35. The van der Waals surface area contributed by atoms with E-state index in [2.05, 4.69) is 26.1 Å². The van der Waals surface area contributed by atoms with E-state index in [1.54, 1.807) is 6.07 Å². The van der Waals surface area contributed by atoms with Crippen molar-refractivity contribution in [3.05, 3.63) is 35.6 Å². The summed E-state index contributed by atoms with van der Waals surface area (Å²) in [5.41, 5.74) is 6.83. The first-order chi connectivity index (χ1) is 10.4. The predicted octanol–water partition coefficient (Wildman–Crippen LogP) is 2.86. The maximum absolute atomic E-state index is 13.1.